The van der Waals surface area contributed by atoms with Gasteiger partial charge in [-0.15, -0.1) is 0 Å². The second kappa shape index (κ2) is 4.48. The maximum atomic E-state index is 13.4. The van der Waals surface area contributed by atoms with Gasteiger partial charge in [-0.05, 0) is 24.3 Å². The smallest absolute Gasteiger partial charge is 0.205 e. The van der Waals surface area contributed by atoms with Gasteiger partial charge in [-0.25, -0.2) is 13.8 Å². The molecule has 0 saturated heterocycles. The zero-order valence-corrected chi connectivity index (χ0v) is 10.6. The first-order valence-corrected chi connectivity index (χ1v) is 5.87. The summed E-state index contributed by atoms with van der Waals surface area (Å²) in [5.74, 6) is -1.03. The summed E-state index contributed by atoms with van der Waals surface area (Å²) in [7, 11) is 1.54. The summed E-state index contributed by atoms with van der Waals surface area (Å²) in [5, 5.41) is 0. The maximum Gasteiger partial charge on any atom is 0.205 e. The zero-order chi connectivity index (χ0) is 14.3. The van der Waals surface area contributed by atoms with Gasteiger partial charge in [-0.2, -0.15) is 0 Å². The highest BCUT2D eigenvalue weighted by molar-refractivity contribution is 5.82. The Bertz CT molecular complexity index is 798. The minimum Gasteiger partial charge on any atom is -0.497 e. The number of benzene rings is 2. The Morgan fingerprint density at radius 1 is 1.10 bits per heavy atom. The van der Waals surface area contributed by atoms with Crippen LogP contribution < -0.4 is 10.5 Å². The van der Waals surface area contributed by atoms with Gasteiger partial charge in [-0.1, -0.05) is 0 Å². The Morgan fingerprint density at radius 2 is 1.90 bits per heavy atom. The summed E-state index contributed by atoms with van der Waals surface area (Å²) in [6, 6.07) is 8.81. The van der Waals surface area contributed by atoms with Gasteiger partial charge in [0.2, 0.25) is 5.95 Å². The molecule has 0 aliphatic rings. The van der Waals surface area contributed by atoms with Crippen molar-refractivity contribution >= 4 is 17.0 Å². The fraction of sp³-hybridized carbons (Fsp3) is 0.0714. The van der Waals surface area contributed by atoms with Crippen LogP contribution in [0, 0.1) is 11.6 Å². The maximum absolute atomic E-state index is 13.4. The first kappa shape index (κ1) is 12.4. The first-order chi connectivity index (χ1) is 9.60. The molecule has 0 unspecified atom stereocenters. The molecule has 0 aliphatic heterocycles. The largest absolute Gasteiger partial charge is 0.497 e. The number of halogens is 2. The van der Waals surface area contributed by atoms with Crippen LogP contribution in [-0.2, 0) is 0 Å². The summed E-state index contributed by atoms with van der Waals surface area (Å²) in [6.45, 7) is 0. The summed E-state index contributed by atoms with van der Waals surface area (Å²) < 4.78 is 33.1. The van der Waals surface area contributed by atoms with Crippen LogP contribution in [0.4, 0.5) is 14.7 Å². The molecule has 4 nitrogen and oxygen atoms in total. The Kier molecular flexibility index (Phi) is 2.78. The lowest BCUT2D eigenvalue weighted by molar-refractivity contribution is 0.415. The predicted octanol–water partition coefficient (Wildman–Crippen LogP) is 2.89. The van der Waals surface area contributed by atoms with E-state index in [2.05, 4.69) is 4.98 Å². The zero-order valence-electron chi connectivity index (χ0n) is 10.6. The van der Waals surface area contributed by atoms with Crippen LogP contribution in [0.15, 0.2) is 36.4 Å². The van der Waals surface area contributed by atoms with E-state index < -0.39 is 11.6 Å². The molecule has 102 valence electrons. The van der Waals surface area contributed by atoms with Crippen LogP contribution in [-0.4, -0.2) is 16.7 Å². The van der Waals surface area contributed by atoms with Crippen LogP contribution >= 0.6 is 0 Å². The van der Waals surface area contributed by atoms with E-state index >= 15 is 0 Å². The first-order valence-electron chi connectivity index (χ1n) is 5.87. The highest BCUT2D eigenvalue weighted by Crippen LogP contribution is 2.27. The number of nitrogens with zero attached hydrogens (tertiary/aromatic N) is 2. The Hall–Kier alpha value is -2.63. The second-order valence-electron chi connectivity index (χ2n) is 4.26. The van der Waals surface area contributed by atoms with Crippen LogP contribution in [0.25, 0.3) is 16.7 Å². The fourth-order valence-electron chi connectivity index (χ4n) is 2.10. The molecule has 0 radical (unpaired) electrons. The standard InChI is InChI=1S/C14H11F2N3O/c1-20-9-3-5-12-13(7-9)19(14(17)18-12)8-2-4-10(15)11(16)6-8/h2-7H,1H3,(H2,17,18). The molecule has 0 bridgehead atoms. The third kappa shape index (κ3) is 1.85. The van der Waals surface area contributed by atoms with Gasteiger partial charge in [0.25, 0.3) is 0 Å². The van der Waals surface area contributed by atoms with E-state index in [1.54, 1.807) is 29.9 Å². The van der Waals surface area contributed by atoms with Crippen LogP contribution in [0.1, 0.15) is 0 Å². The van der Waals surface area contributed by atoms with Crippen molar-refractivity contribution in [3.63, 3.8) is 0 Å². The number of methoxy groups -OCH3 is 1. The molecule has 6 heteroatoms. The Balaban J connectivity index is 2.28. The molecular weight excluding hydrogens is 264 g/mol. The minimum absolute atomic E-state index is 0.194. The van der Waals surface area contributed by atoms with Crippen molar-refractivity contribution in [1.82, 2.24) is 9.55 Å². The highest BCUT2D eigenvalue weighted by atomic mass is 19.2. The molecular formula is C14H11F2N3O. The summed E-state index contributed by atoms with van der Waals surface area (Å²) in [6.07, 6.45) is 0. The van der Waals surface area contributed by atoms with Gasteiger partial charge in [-0.3, -0.25) is 4.57 Å². The molecule has 0 saturated carbocycles. The number of hydrogen-bond acceptors (Lipinski definition) is 3. The minimum atomic E-state index is -0.938. The summed E-state index contributed by atoms with van der Waals surface area (Å²) >= 11 is 0. The predicted molar refractivity (Wildman–Crippen MR) is 72.0 cm³/mol. The average molecular weight is 275 g/mol. The van der Waals surface area contributed by atoms with Gasteiger partial charge in [0, 0.05) is 12.1 Å². The molecule has 2 aromatic carbocycles. The highest BCUT2D eigenvalue weighted by Gasteiger charge is 2.12. The van der Waals surface area contributed by atoms with Crippen molar-refractivity contribution in [3.05, 3.63) is 48.0 Å². The summed E-state index contributed by atoms with van der Waals surface area (Å²) in [5.41, 5.74) is 7.57. The number of nitrogen functional groups attached to an aromatic ring is 1. The van der Waals surface area contributed by atoms with E-state index in [4.69, 9.17) is 10.5 Å². The molecule has 0 atom stereocenters. The molecule has 3 rings (SSSR count). The normalized spacial score (nSPS) is 10.9. The molecule has 20 heavy (non-hydrogen) atoms. The number of ether oxygens (including phenoxy) is 1. The van der Waals surface area contributed by atoms with Crippen LogP contribution in [0.5, 0.6) is 5.75 Å². The van der Waals surface area contributed by atoms with Gasteiger partial charge in [0.15, 0.2) is 11.6 Å². The topological polar surface area (TPSA) is 53.1 Å². The van der Waals surface area contributed by atoms with Gasteiger partial charge >= 0.3 is 0 Å². The molecule has 3 aromatic rings. The van der Waals surface area contributed by atoms with Gasteiger partial charge in [0.05, 0.1) is 23.8 Å². The lowest BCUT2D eigenvalue weighted by Gasteiger charge is -2.07. The number of fused-ring (bicyclic) bond motifs is 1. The number of imidazole rings is 1. The molecule has 0 spiro atoms. The molecule has 1 heterocycles. The van der Waals surface area contributed by atoms with Crippen molar-refractivity contribution in [3.8, 4) is 11.4 Å². The molecule has 2 N–H and O–H groups in total. The number of anilines is 1. The fourth-order valence-corrected chi connectivity index (χ4v) is 2.10. The lowest BCUT2D eigenvalue weighted by atomic mass is 10.2. The van der Waals surface area contributed by atoms with Gasteiger partial charge < -0.3 is 10.5 Å². The SMILES string of the molecule is COc1ccc2nc(N)n(-c3ccc(F)c(F)c3)c2c1. The summed E-state index contributed by atoms with van der Waals surface area (Å²) in [4.78, 5) is 4.19. The quantitative estimate of drug-likeness (QED) is 0.782. The third-order valence-electron chi connectivity index (χ3n) is 3.05. The van der Waals surface area contributed by atoms with E-state index in [1.807, 2.05) is 0 Å². The number of hydrogen-bond donors (Lipinski definition) is 1. The molecule has 0 fully saturated rings. The van der Waals surface area contributed by atoms with Crippen molar-refractivity contribution in [2.75, 3.05) is 12.8 Å². The Labute approximate surface area is 113 Å². The molecule has 0 amide bonds. The second-order valence-corrected chi connectivity index (χ2v) is 4.26. The molecule has 1 aromatic heterocycles. The number of nitrogens with two attached hydrogens (primary N) is 1. The van der Waals surface area contributed by atoms with Crippen molar-refractivity contribution in [2.45, 2.75) is 0 Å². The van der Waals surface area contributed by atoms with E-state index in [0.717, 1.165) is 12.1 Å². The van der Waals surface area contributed by atoms with E-state index in [0.29, 0.717) is 22.5 Å². The Morgan fingerprint density at radius 3 is 2.60 bits per heavy atom. The monoisotopic (exact) mass is 275 g/mol. The van der Waals surface area contributed by atoms with Crippen molar-refractivity contribution in [1.29, 1.82) is 0 Å². The van der Waals surface area contributed by atoms with Crippen LogP contribution in [0.3, 0.4) is 0 Å². The third-order valence-corrected chi connectivity index (χ3v) is 3.05. The molecule has 0 aliphatic carbocycles. The van der Waals surface area contributed by atoms with E-state index in [1.165, 1.54) is 6.07 Å². The van der Waals surface area contributed by atoms with Crippen LogP contribution in [0.2, 0.25) is 0 Å². The van der Waals surface area contributed by atoms with Crippen molar-refractivity contribution in [2.24, 2.45) is 0 Å². The van der Waals surface area contributed by atoms with Gasteiger partial charge in [0.1, 0.15) is 5.75 Å². The van der Waals surface area contributed by atoms with E-state index in [-0.39, 0.29) is 5.95 Å². The van der Waals surface area contributed by atoms with Crippen molar-refractivity contribution < 1.29 is 13.5 Å². The number of rotatable bonds is 2. The average Bonchev–Trinajstić information content (AvgIpc) is 2.77. The lowest BCUT2D eigenvalue weighted by Crippen LogP contribution is -2.01. The number of aromatic nitrogens is 2. The van der Waals surface area contributed by atoms with E-state index in [9.17, 15) is 8.78 Å².